The Balaban J connectivity index is 0. The van der Waals surface area contributed by atoms with Crippen LogP contribution in [0.5, 0.6) is 0 Å². The van der Waals surface area contributed by atoms with Crippen LogP contribution in [-0.4, -0.2) is 22.4 Å². The number of rotatable bonds is 2. The molecule has 0 heterocycles. The second-order valence-electron chi connectivity index (χ2n) is 2.06. The summed E-state index contributed by atoms with van der Waals surface area (Å²) in [5, 5.41) is 8.27. The lowest BCUT2D eigenvalue weighted by molar-refractivity contribution is -0.146. The van der Waals surface area contributed by atoms with Crippen LogP contribution in [0.2, 0.25) is 0 Å². The van der Waals surface area contributed by atoms with E-state index in [4.69, 9.17) is 10.8 Å². The molecule has 1 atom stereocenters. The van der Waals surface area contributed by atoms with Gasteiger partial charge in [-0.05, 0) is 13.8 Å². The van der Waals surface area contributed by atoms with Crippen molar-refractivity contribution in [3.05, 3.63) is 0 Å². The second-order valence-corrected chi connectivity index (χ2v) is 2.06. The van der Waals surface area contributed by atoms with Gasteiger partial charge in [0.05, 0.1) is 0 Å². The van der Waals surface area contributed by atoms with Gasteiger partial charge in [0.25, 0.3) is 0 Å². The van der Waals surface area contributed by atoms with Crippen LogP contribution in [0.1, 0.15) is 13.8 Å². The van der Waals surface area contributed by atoms with Crippen LogP contribution >= 0.6 is 0 Å². The lowest BCUT2D eigenvalue weighted by Crippen LogP contribution is -2.50. The first-order valence-corrected chi connectivity index (χ1v) is 2.42. The summed E-state index contributed by atoms with van der Waals surface area (Å²) in [6.07, 6.45) is 0. The van der Waals surface area contributed by atoms with Gasteiger partial charge in [0.1, 0.15) is 0 Å². The molecule has 60 valence electrons. The first-order chi connectivity index (χ1) is 3.89. The summed E-state index contributed by atoms with van der Waals surface area (Å²) in [6, 6.07) is 0. The number of carboxylic acid groups (broad SMARTS) is 1. The number of carbonyl (C=O) groups is 2. The lowest BCUT2D eigenvalue weighted by Gasteiger charge is -2.13. The molecule has 10 heavy (non-hydrogen) atoms. The number of aliphatic carboxylic acids is 1. The number of Topliss-reactive ketones (excluding diaryl/α,β-unsaturated/α-hetero) is 1. The smallest absolute Gasteiger partial charge is 0.331 e. The van der Waals surface area contributed by atoms with Gasteiger partial charge in [-0.15, -0.1) is 0 Å². The van der Waals surface area contributed by atoms with Gasteiger partial charge in [0.15, 0.2) is 11.3 Å². The van der Waals surface area contributed by atoms with Gasteiger partial charge in [-0.3, -0.25) is 4.79 Å². The van der Waals surface area contributed by atoms with E-state index < -0.39 is 17.3 Å². The Labute approximate surface area is 58.8 Å². The first kappa shape index (κ1) is 11.8. The zero-order valence-corrected chi connectivity index (χ0v) is 6.05. The van der Waals surface area contributed by atoms with E-state index in [1.807, 2.05) is 0 Å². The summed E-state index contributed by atoms with van der Waals surface area (Å²) >= 11 is 0. The van der Waals surface area contributed by atoms with Crippen molar-refractivity contribution >= 4 is 11.8 Å². The summed E-state index contributed by atoms with van der Waals surface area (Å²) in [5.74, 6) is -1.84. The van der Waals surface area contributed by atoms with Gasteiger partial charge >= 0.3 is 5.97 Å². The zero-order chi connectivity index (χ0) is 7.65. The van der Waals surface area contributed by atoms with Crippen molar-refractivity contribution in [3.8, 4) is 0 Å². The predicted molar refractivity (Wildman–Crippen MR) is 35.9 cm³/mol. The fourth-order valence-electron chi connectivity index (χ4n) is 0.151. The molecule has 0 spiro atoms. The summed E-state index contributed by atoms with van der Waals surface area (Å²) in [6.45, 7) is 2.31. The molecule has 0 fully saturated rings. The summed E-state index contributed by atoms with van der Waals surface area (Å²) in [4.78, 5) is 20.5. The average molecular weight is 148 g/mol. The molecule has 0 bridgehead atoms. The van der Waals surface area contributed by atoms with E-state index in [2.05, 4.69) is 0 Å². The molecule has 0 aromatic carbocycles. The molecule has 6 N–H and O–H groups in total. The molecule has 5 nitrogen and oxygen atoms in total. The van der Waals surface area contributed by atoms with Crippen LogP contribution in [0.25, 0.3) is 0 Å². The van der Waals surface area contributed by atoms with E-state index in [1.165, 1.54) is 0 Å². The first-order valence-electron chi connectivity index (χ1n) is 2.42. The normalized spacial score (nSPS) is 14.7. The summed E-state index contributed by atoms with van der Waals surface area (Å²) < 4.78 is 0. The minimum Gasteiger partial charge on any atom is -0.480 e. The molecule has 0 rings (SSSR count). The number of hydrogen-bond donors (Lipinski definition) is 3. The van der Waals surface area contributed by atoms with E-state index in [9.17, 15) is 9.59 Å². The largest absolute Gasteiger partial charge is 0.480 e. The highest BCUT2D eigenvalue weighted by atomic mass is 16.4. The van der Waals surface area contributed by atoms with E-state index >= 15 is 0 Å². The topological polar surface area (TPSA) is 115 Å². The third kappa shape index (κ3) is 2.12. The van der Waals surface area contributed by atoms with Crippen molar-refractivity contribution in [2.45, 2.75) is 19.4 Å². The van der Waals surface area contributed by atoms with Crippen LogP contribution in [0.15, 0.2) is 0 Å². The van der Waals surface area contributed by atoms with Gasteiger partial charge in [-0.25, -0.2) is 4.79 Å². The van der Waals surface area contributed by atoms with Crippen molar-refractivity contribution in [2.24, 2.45) is 5.73 Å². The maximum atomic E-state index is 10.4. The Kier molecular flexibility index (Phi) is 3.88. The van der Waals surface area contributed by atoms with Crippen molar-refractivity contribution < 1.29 is 14.7 Å². The highest BCUT2D eigenvalue weighted by molar-refractivity contribution is 6.05. The fourth-order valence-corrected chi connectivity index (χ4v) is 0.151. The van der Waals surface area contributed by atoms with Crippen molar-refractivity contribution in [2.75, 3.05) is 0 Å². The predicted octanol–water partition coefficient (Wildman–Crippen LogP) is -0.461. The van der Waals surface area contributed by atoms with Crippen LogP contribution in [0.3, 0.4) is 0 Å². The molecular formula is C5H12N2O3. The van der Waals surface area contributed by atoms with Gasteiger partial charge in [-0.1, -0.05) is 0 Å². The number of carbonyl (C=O) groups excluding carboxylic acids is 1. The minimum absolute atomic E-state index is 0. The van der Waals surface area contributed by atoms with Crippen molar-refractivity contribution in [1.82, 2.24) is 6.15 Å². The third-order valence-corrected chi connectivity index (χ3v) is 1.18. The molecule has 0 saturated heterocycles. The van der Waals surface area contributed by atoms with E-state index in [-0.39, 0.29) is 6.15 Å². The van der Waals surface area contributed by atoms with E-state index in [0.717, 1.165) is 13.8 Å². The highest BCUT2D eigenvalue weighted by Gasteiger charge is 2.32. The third-order valence-electron chi connectivity index (χ3n) is 1.18. The molecule has 0 aromatic rings. The molecule has 0 aliphatic carbocycles. The molecular weight excluding hydrogens is 136 g/mol. The average Bonchev–Trinajstić information content (AvgIpc) is 1.65. The van der Waals surface area contributed by atoms with Gasteiger partial charge in [0.2, 0.25) is 0 Å². The maximum Gasteiger partial charge on any atom is 0.331 e. The molecule has 0 aliphatic heterocycles. The van der Waals surface area contributed by atoms with E-state index in [0.29, 0.717) is 0 Å². The van der Waals surface area contributed by atoms with Gasteiger partial charge in [-0.2, -0.15) is 0 Å². The highest BCUT2D eigenvalue weighted by Crippen LogP contribution is 1.98. The Morgan fingerprint density at radius 1 is 1.50 bits per heavy atom. The molecule has 5 heteroatoms. The zero-order valence-electron chi connectivity index (χ0n) is 6.05. The minimum atomic E-state index is -1.72. The van der Waals surface area contributed by atoms with Crippen LogP contribution in [0, 0.1) is 0 Å². The quantitative estimate of drug-likeness (QED) is 0.458. The molecule has 0 saturated carbocycles. The Bertz CT molecular complexity index is 137. The molecule has 0 aromatic heterocycles. The Morgan fingerprint density at radius 3 is 1.80 bits per heavy atom. The fraction of sp³-hybridized carbons (Fsp3) is 0.600. The molecule has 0 radical (unpaired) electrons. The number of nitrogens with two attached hydrogens (primary N) is 1. The van der Waals surface area contributed by atoms with Gasteiger partial charge < -0.3 is 17.0 Å². The number of ketones is 1. The van der Waals surface area contributed by atoms with Crippen molar-refractivity contribution in [3.63, 3.8) is 0 Å². The second kappa shape index (κ2) is 3.28. The molecule has 0 aliphatic rings. The van der Waals surface area contributed by atoms with Crippen LogP contribution in [0.4, 0.5) is 0 Å². The van der Waals surface area contributed by atoms with Crippen molar-refractivity contribution in [1.29, 1.82) is 0 Å². The summed E-state index contributed by atoms with van der Waals surface area (Å²) in [7, 11) is 0. The monoisotopic (exact) mass is 148 g/mol. The maximum absolute atomic E-state index is 10.4. The number of hydrogen-bond acceptors (Lipinski definition) is 4. The Morgan fingerprint density at radius 2 is 1.80 bits per heavy atom. The number of carboxylic acids is 1. The van der Waals surface area contributed by atoms with Gasteiger partial charge in [0, 0.05) is 0 Å². The Hall–Kier alpha value is -0.940. The van der Waals surface area contributed by atoms with Crippen LogP contribution < -0.4 is 11.9 Å². The standard InChI is InChI=1S/C5H9NO3.H3N/c1-3(7)5(2,6)4(8)9;/h6H2,1-2H3,(H,8,9);1H3. The van der Waals surface area contributed by atoms with E-state index in [1.54, 1.807) is 0 Å². The van der Waals surface area contributed by atoms with Crippen LogP contribution in [-0.2, 0) is 9.59 Å². The molecule has 1 unspecified atom stereocenters. The lowest BCUT2D eigenvalue weighted by atomic mass is 10.00. The molecule has 0 amide bonds. The SMILES string of the molecule is CC(=O)C(C)(N)C(=O)O.N. The summed E-state index contributed by atoms with van der Waals surface area (Å²) in [5.41, 5.74) is 3.33.